The molecule has 0 amide bonds. The average Bonchev–Trinajstić information content (AvgIpc) is 3.24. The van der Waals surface area contributed by atoms with Crippen LogP contribution >= 0.6 is 0 Å². The van der Waals surface area contributed by atoms with Crippen LogP contribution in [0.15, 0.2) is 53.8 Å². The maximum absolute atomic E-state index is 6.73. The van der Waals surface area contributed by atoms with Crippen LogP contribution in [0.5, 0.6) is 0 Å². The van der Waals surface area contributed by atoms with Gasteiger partial charge in [0, 0.05) is 36.6 Å². The zero-order valence-electron chi connectivity index (χ0n) is 18.5. The predicted octanol–water partition coefficient (Wildman–Crippen LogP) is 3.24. The van der Waals surface area contributed by atoms with E-state index >= 15 is 0 Å². The van der Waals surface area contributed by atoms with E-state index in [-0.39, 0.29) is 11.5 Å². The van der Waals surface area contributed by atoms with E-state index in [4.69, 9.17) is 20.7 Å². The number of aromatic nitrogens is 3. The van der Waals surface area contributed by atoms with Crippen molar-refractivity contribution in [1.29, 1.82) is 0 Å². The minimum Gasteiger partial charge on any atom is -0.355 e. The van der Waals surface area contributed by atoms with Crippen molar-refractivity contribution in [1.82, 2.24) is 15.0 Å². The van der Waals surface area contributed by atoms with Gasteiger partial charge in [-0.3, -0.25) is 9.98 Å². The van der Waals surface area contributed by atoms with Crippen LogP contribution in [-0.2, 0) is 19.4 Å². The first-order chi connectivity index (χ1) is 15.6. The molecule has 0 saturated carbocycles. The Labute approximate surface area is 188 Å². The van der Waals surface area contributed by atoms with Gasteiger partial charge in [-0.25, -0.2) is 9.97 Å². The SMILES string of the molecule is Cc1ncccc1C1=NCc2nc(N3CCC4(CC3)Cc3ccccc3C[C@H]4N)cnc21. The molecule has 2 aromatic heterocycles. The van der Waals surface area contributed by atoms with Gasteiger partial charge >= 0.3 is 0 Å². The van der Waals surface area contributed by atoms with Crippen LogP contribution in [0.25, 0.3) is 0 Å². The van der Waals surface area contributed by atoms with Gasteiger partial charge < -0.3 is 10.6 Å². The first kappa shape index (κ1) is 19.6. The highest BCUT2D eigenvalue weighted by molar-refractivity contribution is 6.14. The summed E-state index contributed by atoms with van der Waals surface area (Å²) in [7, 11) is 0. The van der Waals surface area contributed by atoms with Crippen LogP contribution in [0.1, 0.15) is 46.6 Å². The maximum atomic E-state index is 6.73. The number of anilines is 1. The van der Waals surface area contributed by atoms with E-state index in [1.165, 1.54) is 11.1 Å². The smallest absolute Gasteiger partial charge is 0.147 e. The van der Waals surface area contributed by atoms with E-state index in [0.717, 1.165) is 72.9 Å². The number of pyridine rings is 1. The summed E-state index contributed by atoms with van der Waals surface area (Å²) in [5.74, 6) is 0.961. The van der Waals surface area contributed by atoms with Crippen LogP contribution < -0.4 is 10.6 Å². The third-order valence-electron chi connectivity index (χ3n) is 7.68. The van der Waals surface area contributed by atoms with Crippen LogP contribution in [0, 0.1) is 12.3 Å². The fraction of sp³-hybridized carbons (Fsp3) is 0.385. The number of piperidine rings is 1. The Bertz CT molecular complexity index is 1210. The van der Waals surface area contributed by atoms with Crippen molar-refractivity contribution in [2.45, 2.75) is 45.2 Å². The highest BCUT2D eigenvalue weighted by atomic mass is 15.2. The molecule has 4 heterocycles. The zero-order valence-corrected chi connectivity index (χ0v) is 18.5. The Hall–Kier alpha value is -3.12. The summed E-state index contributed by atoms with van der Waals surface area (Å²) in [6.45, 7) is 4.53. The monoisotopic (exact) mass is 424 g/mol. The molecule has 1 saturated heterocycles. The Morgan fingerprint density at radius 1 is 1.03 bits per heavy atom. The lowest BCUT2D eigenvalue weighted by molar-refractivity contribution is 0.154. The Morgan fingerprint density at radius 2 is 1.84 bits per heavy atom. The number of fused-ring (bicyclic) bond motifs is 2. The van der Waals surface area contributed by atoms with Crippen LogP contribution in [0.4, 0.5) is 5.82 Å². The summed E-state index contributed by atoms with van der Waals surface area (Å²) >= 11 is 0. The summed E-state index contributed by atoms with van der Waals surface area (Å²) in [6, 6.07) is 13.0. The number of aryl methyl sites for hydroxylation is 1. The predicted molar refractivity (Wildman–Crippen MR) is 126 cm³/mol. The summed E-state index contributed by atoms with van der Waals surface area (Å²) in [4.78, 5) is 21.3. The molecule has 32 heavy (non-hydrogen) atoms. The van der Waals surface area contributed by atoms with E-state index in [1.54, 1.807) is 0 Å². The van der Waals surface area contributed by atoms with Crippen molar-refractivity contribution in [3.8, 4) is 0 Å². The first-order valence-corrected chi connectivity index (χ1v) is 11.5. The van der Waals surface area contributed by atoms with Gasteiger partial charge in [0.25, 0.3) is 0 Å². The molecule has 3 aliphatic rings. The lowest BCUT2D eigenvalue weighted by Gasteiger charge is -2.48. The normalized spacial score (nSPS) is 21.2. The van der Waals surface area contributed by atoms with Gasteiger partial charge in [0.1, 0.15) is 11.5 Å². The molecule has 6 nitrogen and oxygen atoms in total. The van der Waals surface area contributed by atoms with Gasteiger partial charge in [0.15, 0.2) is 0 Å². The maximum Gasteiger partial charge on any atom is 0.147 e. The average molecular weight is 425 g/mol. The number of benzene rings is 1. The quantitative estimate of drug-likeness (QED) is 0.683. The van der Waals surface area contributed by atoms with E-state index in [0.29, 0.717) is 6.54 Å². The molecule has 2 aliphatic heterocycles. The van der Waals surface area contributed by atoms with Gasteiger partial charge in [-0.2, -0.15) is 0 Å². The van der Waals surface area contributed by atoms with E-state index < -0.39 is 0 Å². The fourth-order valence-electron chi connectivity index (χ4n) is 5.68. The standard InChI is InChI=1S/C26H28N6/c1-17-20(7-4-10-28-17)24-25-21(15-29-24)31-23(16-30-25)32-11-8-26(9-12-32)14-19-6-3-2-5-18(19)13-22(26)27/h2-7,10,16,22H,8-9,11-15,27H2,1H3/t22-/m1/s1. The van der Waals surface area contributed by atoms with Crippen molar-refractivity contribution < 1.29 is 0 Å². The third kappa shape index (κ3) is 3.13. The number of nitrogens with zero attached hydrogens (tertiary/aromatic N) is 5. The van der Waals surface area contributed by atoms with Gasteiger partial charge in [-0.1, -0.05) is 24.3 Å². The van der Waals surface area contributed by atoms with E-state index in [2.05, 4.69) is 40.2 Å². The van der Waals surface area contributed by atoms with Crippen LogP contribution in [0.3, 0.4) is 0 Å². The summed E-state index contributed by atoms with van der Waals surface area (Å²) in [6.07, 6.45) is 8.00. The Kier molecular flexibility index (Phi) is 4.57. The molecule has 0 radical (unpaired) electrons. The summed E-state index contributed by atoms with van der Waals surface area (Å²) < 4.78 is 0. The molecule has 1 spiro atoms. The van der Waals surface area contributed by atoms with Crippen molar-refractivity contribution in [3.05, 3.63) is 82.6 Å². The molecule has 0 bridgehead atoms. The summed E-state index contributed by atoms with van der Waals surface area (Å²) in [5.41, 5.74) is 14.6. The minimum atomic E-state index is 0.198. The topological polar surface area (TPSA) is 80.3 Å². The molecule has 3 aromatic rings. The second-order valence-electron chi connectivity index (χ2n) is 9.43. The molecular weight excluding hydrogens is 396 g/mol. The highest BCUT2D eigenvalue weighted by Crippen LogP contribution is 2.43. The highest BCUT2D eigenvalue weighted by Gasteiger charge is 2.43. The Balaban J connectivity index is 1.20. The van der Waals surface area contributed by atoms with Gasteiger partial charge in [0.2, 0.25) is 0 Å². The number of aliphatic imine (C=N–C) groups is 1. The number of hydrogen-bond donors (Lipinski definition) is 1. The second kappa shape index (κ2) is 7.48. The largest absolute Gasteiger partial charge is 0.355 e. The molecule has 6 rings (SSSR count). The van der Waals surface area contributed by atoms with Crippen LogP contribution in [0.2, 0.25) is 0 Å². The molecule has 6 heteroatoms. The molecule has 1 atom stereocenters. The zero-order chi connectivity index (χ0) is 21.7. The van der Waals surface area contributed by atoms with E-state index in [9.17, 15) is 0 Å². The van der Waals surface area contributed by atoms with E-state index in [1.807, 2.05) is 25.4 Å². The number of rotatable bonds is 2. The van der Waals surface area contributed by atoms with Crippen LogP contribution in [-0.4, -0.2) is 39.8 Å². The second-order valence-corrected chi connectivity index (χ2v) is 9.43. The molecule has 0 unspecified atom stereocenters. The van der Waals surface area contributed by atoms with Crippen molar-refractivity contribution in [2.24, 2.45) is 16.1 Å². The van der Waals surface area contributed by atoms with Gasteiger partial charge in [-0.05, 0) is 61.3 Å². The third-order valence-corrected chi connectivity index (χ3v) is 7.68. The lowest BCUT2D eigenvalue weighted by atomic mass is 9.63. The Morgan fingerprint density at radius 3 is 2.66 bits per heavy atom. The van der Waals surface area contributed by atoms with Crippen molar-refractivity contribution >= 4 is 11.5 Å². The molecule has 1 aromatic carbocycles. The number of hydrogen-bond acceptors (Lipinski definition) is 6. The summed E-state index contributed by atoms with van der Waals surface area (Å²) in [5, 5.41) is 0. The first-order valence-electron chi connectivity index (χ1n) is 11.5. The molecule has 2 N–H and O–H groups in total. The van der Waals surface area contributed by atoms with Gasteiger partial charge in [0.05, 0.1) is 24.1 Å². The fourth-order valence-corrected chi connectivity index (χ4v) is 5.68. The molecule has 1 fully saturated rings. The van der Waals surface area contributed by atoms with Crippen molar-refractivity contribution in [2.75, 3.05) is 18.0 Å². The lowest BCUT2D eigenvalue weighted by Crippen LogP contribution is -2.54. The van der Waals surface area contributed by atoms with Crippen molar-refractivity contribution in [3.63, 3.8) is 0 Å². The molecular formula is C26H28N6. The van der Waals surface area contributed by atoms with Gasteiger partial charge in [-0.15, -0.1) is 0 Å². The molecule has 1 aliphatic carbocycles. The minimum absolute atomic E-state index is 0.198. The number of nitrogens with two attached hydrogens (primary N) is 1. The molecule has 162 valence electrons.